The number of hydrogen-bond donors (Lipinski definition) is 1. The monoisotopic (exact) mass is 240 g/mol. The van der Waals surface area contributed by atoms with E-state index in [1.165, 1.54) is 12.8 Å². The first kappa shape index (κ1) is 16.4. The molecule has 1 N–H and O–H groups in total. The molecule has 100 valence electrons. The summed E-state index contributed by atoms with van der Waals surface area (Å²) in [6, 6.07) is 2.34. The number of ether oxygens (including phenoxy) is 1. The molecule has 0 aliphatic carbocycles. The third-order valence-electron chi connectivity index (χ3n) is 2.94. The van der Waals surface area contributed by atoms with E-state index in [-0.39, 0.29) is 0 Å². The maximum Gasteiger partial charge on any atom is 0.106 e. The summed E-state index contributed by atoms with van der Waals surface area (Å²) in [7, 11) is 0. The van der Waals surface area contributed by atoms with Crippen molar-refractivity contribution in [3.8, 4) is 6.07 Å². The standard InChI is InChI=1S/C14H28N2O/c1-5-7-13(3)11-17-10-8-14(4,12-15)16-9-6-2/h13,16H,5-11H2,1-4H3. The Hall–Kier alpha value is -0.590. The molecule has 3 nitrogen and oxygen atoms in total. The molecule has 0 amide bonds. The van der Waals surface area contributed by atoms with E-state index in [2.05, 4.69) is 32.2 Å². The van der Waals surface area contributed by atoms with Crippen molar-refractivity contribution in [2.45, 2.75) is 58.9 Å². The lowest BCUT2D eigenvalue weighted by atomic mass is 10.0. The Labute approximate surface area is 107 Å². The van der Waals surface area contributed by atoms with Gasteiger partial charge < -0.3 is 4.74 Å². The third kappa shape index (κ3) is 8.18. The molecular weight excluding hydrogens is 212 g/mol. The third-order valence-corrected chi connectivity index (χ3v) is 2.94. The molecule has 0 heterocycles. The molecule has 17 heavy (non-hydrogen) atoms. The predicted molar refractivity (Wildman–Crippen MR) is 71.8 cm³/mol. The van der Waals surface area contributed by atoms with Crippen LogP contribution in [0.25, 0.3) is 0 Å². The van der Waals surface area contributed by atoms with Crippen molar-refractivity contribution in [2.24, 2.45) is 5.92 Å². The van der Waals surface area contributed by atoms with Gasteiger partial charge in [0, 0.05) is 19.6 Å². The van der Waals surface area contributed by atoms with Crippen LogP contribution in [0.5, 0.6) is 0 Å². The molecule has 0 aromatic rings. The fourth-order valence-electron chi connectivity index (χ4n) is 1.72. The van der Waals surface area contributed by atoms with Gasteiger partial charge in [-0.05, 0) is 32.2 Å². The zero-order chi connectivity index (χ0) is 13.1. The van der Waals surface area contributed by atoms with Crippen molar-refractivity contribution < 1.29 is 4.74 Å². The van der Waals surface area contributed by atoms with Crippen LogP contribution >= 0.6 is 0 Å². The second-order valence-electron chi connectivity index (χ2n) is 5.09. The molecule has 0 rings (SSSR count). The van der Waals surface area contributed by atoms with Gasteiger partial charge in [0.25, 0.3) is 0 Å². The van der Waals surface area contributed by atoms with Crippen LogP contribution in [0.4, 0.5) is 0 Å². The van der Waals surface area contributed by atoms with Gasteiger partial charge in [0.05, 0.1) is 6.07 Å². The topological polar surface area (TPSA) is 45.0 Å². The summed E-state index contributed by atoms with van der Waals surface area (Å²) in [5.41, 5.74) is -0.440. The lowest BCUT2D eigenvalue weighted by Gasteiger charge is -2.23. The van der Waals surface area contributed by atoms with E-state index in [1.807, 2.05) is 6.92 Å². The first-order chi connectivity index (χ1) is 8.08. The van der Waals surface area contributed by atoms with Crippen molar-refractivity contribution >= 4 is 0 Å². The first-order valence-electron chi connectivity index (χ1n) is 6.82. The van der Waals surface area contributed by atoms with E-state index in [1.54, 1.807) is 0 Å². The summed E-state index contributed by atoms with van der Waals surface area (Å²) in [6.45, 7) is 10.8. The van der Waals surface area contributed by atoms with E-state index in [0.717, 1.165) is 26.0 Å². The SMILES string of the molecule is CCCNC(C)(C#N)CCOCC(C)CCC. The van der Waals surface area contributed by atoms with Gasteiger partial charge in [0.15, 0.2) is 0 Å². The molecule has 0 saturated heterocycles. The van der Waals surface area contributed by atoms with Crippen LogP contribution in [0.2, 0.25) is 0 Å². The first-order valence-corrected chi connectivity index (χ1v) is 6.82. The zero-order valence-corrected chi connectivity index (χ0v) is 11.9. The highest BCUT2D eigenvalue weighted by atomic mass is 16.5. The fourth-order valence-corrected chi connectivity index (χ4v) is 1.72. The minimum Gasteiger partial charge on any atom is -0.381 e. The average molecular weight is 240 g/mol. The Bertz CT molecular complexity index is 225. The highest BCUT2D eigenvalue weighted by Crippen LogP contribution is 2.10. The Morgan fingerprint density at radius 2 is 2.06 bits per heavy atom. The van der Waals surface area contributed by atoms with Gasteiger partial charge >= 0.3 is 0 Å². The van der Waals surface area contributed by atoms with Crippen molar-refractivity contribution in [1.29, 1.82) is 5.26 Å². The van der Waals surface area contributed by atoms with Gasteiger partial charge in [0.2, 0.25) is 0 Å². The molecule has 0 saturated carbocycles. The molecule has 0 spiro atoms. The summed E-state index contributed by atoms with van der Waals surface area (Å²) in [4.78, 5) is 0. The van der Waals surface area contributed by atoms with Crippen LogP contribution in [0.3, 0.4) is 0 Å². The summed E-state index contributed by atoms with van der Waals surface area (Å²) in [6.07, 6.45) is 4.22. The number of nitriles is 1. The molecule has 2 atom stereocenters. The summed E-state index contributed by atoms with van der Waals surface area (Å²) in [5, 5.41) is 12.4. The maximum atomic E-state index is 9.14. The predicted octanol–water partition coefficient (Wildman–Crippen LogP) is 3.11. The molecule has 0 radical (unpaired) electrons. The maximum absolute atomic E-state index is 9.14. The smallest absolute Gasteiger partial charge is 0.106 e. The summed E-state index contributed by atoms with van der Waals surface area (Å²) < 4.78 is 5.63. The minimum absolute atomic E-state index is 0.440. The van der Waals surface area contributed by atoms with Gasteiger partial charge in [-0.3, -0.25) is 5.32 Å². The van der Waals surface area contributed by atoms with Crippen LogP contribution in [-0.4, -0.2) is 25.3 Å². The van der Waals surface area contributed by atoms with E-state index in [4.69, 9.17) is 10.00 Å². The average Bonchev–Trinajstić information content (AvgIpc) is 2.32. The number of nitrogens with zero attached hydrogens (tertiary/aromatic N) is 1. The second kappa shape index (κ2) is 9.44. The Morgan fingerprint density at radius 1 is 1.35 bits per heavy atom. The van der Waals surface area contributed by atoms with Gasteiger partial charge in [-0.25, -0.2) is 0 Å². The largest absolute Gasteiger partial charge is 0.381 e. The van der Waals surface area contributed by atoms with Crippen molar-refractivity contribution in [3.63, 3.8) is 0 Å². The van der Waals surface area contributed by atoms with Crippen LogP contribution in [0, 0.1) is 17.2 Å². The van der Waals surface area contributed by atoms with Gasteiger partial charge in [-0.1, -0.05) is 27.2 Å². The highest BCUT2D eigenvalue weighted by Gasteiger charge is 2.22. The zero-order valence-electron chi connectivity index (χ0n) is 11.9. The van der Waals surface area contributed by atoms with E-state index >= 15 is 0 Å². The Morgan fingerprint density at radius 3 is 2.59 bits per heavy atom. The van der Waals surface area contributed by atoms with Gasteiger partial charge in [0.1, 0.15) is 5.54 Å². The molecule has 0 fully saturated rings. The van der Waals surface area contributed by atoms with E-state index in [9.17, 15) is 0 Å². The molecule has 0 aliphatic rings. The normalized spacial score (nSPS) is 16.2. The molecular formula is C14H28N2O. The van der Waals surface area contributed by atoms with Gasteiger partial charge in [-0.2, -0.15) is 5.26 Å². The van der Waals surface area contributed by atoms with Crippen LogP contribution in [-0.2, 0) is 4.74 Å². The lowest BCUT2D eigenvalue weighted by Crippen LogP contribution is -2.42. The van der Waals surface area contributed by atoms with E-state index < -0.39 is 5.54 Å². The Balaban J connectivity index is 3.73. The van der Waals surface area contributed by atoms with Crippen molar-refractivity contribution in [1.82, 2.24) is 5.32 Å². The number of rotatable bonds is 10. The van der Waals surface area contributed by atoms with Crippen LogP contribution < -0.4 is 5.32 Å². The molecule has 0 aliphatic heterocycles. The number of hydrogen-bond acceptors (Lipinski definition) is 3. The quantitative estimate of drug-likeness (QED) is 0.597. The van der Waals surface area contributed by atoms with Crippen molar-refractivity contribution in [2.75, 3.05) is 19.8 Å². The highest BCUT2D eigenvalue weighted by molar-refractivity contribution is 5.03. The lowest BCUT2D eigenvalue weighted by molar-refractivity contribution is 0.0894. The second-order valence-corrected chi connectivity index (χ2v) is 5.09. The van der Waals surface area contributed by atoms with Gasteiger partial charge in [-0.15, -0.1) is 0 Å². The summed E-state index contributed by atoms with van der Waals surface area (Å²) >= 11 is 0. The van der Waals surface area contributed by atoms with E-state index in [0.29, 0.717) is 12.5 Å². The number of nitrogens with one attached hydrogen (secondary N) is 1. The van der Waals surface area contributed by atoms with Crippen molar-refractivity contribution in [3.05, 3.63) is 0 Å². The molecule has 0 bridgehead atoms. The molecule has 3 heteroatoms. The minimum atomic E-state index is -0.440. The molecule has 0 aromatic heterocycles. The fraction of sp³-hybridized carbons (Fsp3) is 0.929. The summed E-state index contributed by atoms with van der Waals surface area (Å²) in [5.74, 6) is 0.622. The molecule has 0 aromatic carbocycles. The molecule has 2 unspecified atom stereocenters. The van der Waals surface area contributed by atoms with Crippen LogP contribution in [0.1, 0.15) is 53.4 Å². The van der Waals surface area contributed by atoms with Crippen LogP contribution in [0.15, 0.2) is 0 Å². The Kier molecular flexibility index (Phi) is 9.11.